The predicted octanol–water partition coefficient (Wildman–Crippen LogP) is 4.08. The molecule has 0 saturated carbocycles. The van der Waals surface area contributed by atoms with Crippen molar-refractivity contribution in [2.45, 2.75) is 6.92 Å². The van der Waals surface area contributed by atoms with Crippen LogP contribution in [0.3, 0.4) is 0 Å². The van der Waals surface area contributed by atoms with Crippen LogP contribution in [0.4, 0.5) is 13.2 Å². The van der Waals surface area contributed by atoms with Crippen LogP contribution in [-0.4, -0.2) is 0 Å². The fraction of sp³-hybridized carbons (Fsp3) is 0.0769. The summed E-state index contributed by atoms with van der Waals surface area (Å²) in [4.78, 5) is 0. The molecule has 0 aliphatic heterocycles. The largest absolute Gasteiger partial charge is 0.206 e. The lowest BCUT2D eigenvalue weighted by Gasteiger charge is -2.08. The van der Waals surface area contributed by atoms with E-state index in [9.17, 15) is 13.2 Å². The zero-order valence-corrected chi connectivity index (χ0v) is 8.60. The third-order valence-corrected chi connectivity index (χ3v) is 2.44. The van der Waals surface area contributed by atoms with Gasteiger partial charge in [-0.05, 0) is 24.6 Å². The molecule has 16 heavy (non-hydrogen) atoms. The van der Waals surface area contributed by atoms with Crippen molar-refractivity contribution in [3.63, 3.8) is 0 Å². The van der Waals surface area contributed by atoms with E-state index in [0.717, 1.165) is 6.07 Å². The van der Waals surface area contributed by atoms with E-state index in [-0.39, 0.29) is 11.1 Å². The third kappa shape index (κ3) is 1.69. The molecule has 0 aliphatic rings. The maximum absolute atomic E-state index is 13.6. The number of hydrogen-bond acceptors (Lipinski definition) is 0. The Morgan fingerprint density at radius 1 is 0.812 bits per heavy atom. The molecule has 0 atom stereocenters. The highest BCUT2D eigenvalue weighted by Gasteiger charge is 2.14. The fourth-order valence-corrected chi connectivity index (χ4v) is 1.67. The molecule has 0 N–H and O–H groups in total. The van der Waals surface area contributed by atoms with Crippen LogP contribution >= 0.6 is 0 Å². The molecule has 82 valence electrons. The van der Waals surface area contributed by atoms with E-state index in [4.69, 9.17) is 0 Å². The van der Waals surface area contributed by atoms with Crippen LogP contribution in [0, 0.1) is 24.4 Å². The lowest BCUT2D eigenvalue weighted by atomic mass is 9.99. The second-order valence-corrected chi connectivity index (χ2v) is 3.53. The predicted molar refractivity (Wildman–Crippen MR) is 56.5 cm³/mol. The van der Waals surface area contributed by atoms with Gasteiger partial charge in [0.25, 0.3) is 0 Å². The normalized spacial score (nSPS) is 10.5. The molecule has 0 heterocycles. The Balaban J connectivity index is 2.73. The first-order valence-electron chi connectivity index (χ1n) is 4.80. The summed E-state index contributed by atoms with van der Waals surface area (Å²) in [7, 11) is 0. The van der Waals surface area contributed by atoms with E-state index in [1.165, 1.54) is 24.3 Å². The number of hydrogen-bond donors (Lipinski definition) is 0. The van der Waals surface area contributed by atoms with E-state index in [0.29, 0.717) is 5.56 Å². The van der Waals surface area contributed by atoms with Crippen molar-refractivity contribution in [1.82, 2.24) is 0 Å². The van der Waals surface area contributed by atoms with E-state index in [1.807, 2.05) is 0 Å². The molecule has 0 spiro atoms. The summed E-state index contributed by atoms with van der Waals surface area (Å²) in [6.45, 7) is 1.66. The molecule has 0 unspecified atom stereocenters. The first-order chi connectivity index (χ1) is 7.61. The van der Waals surface area contributed by atoms with E-state index in [2.05, 4.69) is 0 Å². The summed E-state index contributed by atoms with van der Waals surface area (Å²) in [5.74, 6) is -2.54. The van der Waals surface area contributed by atoms with Crippen molar-refractivity contribution in [2.75, 3.05) is 0 Å². The van der Waals surface area contributed by atoms with Gasteiger partial charge in [0.1, 0.15) is 5.82 Å². The van der Waals surface area contributed by atoms with Crippen LogP contribution in [0.1, 0.15) is 5.56 Å². The van der Waals surface area contributed by atoms with Gasteiger partial charge in [0.15, 0.2) is 11.6 Å². The summed E-state index contributed by atoms with van der Waals surface area (Å²) >= 11 is 0. The van der Waals surface area contributed by atoms with Crippen molar-refractivity contribution in [2.24, 2.45) is 0 Å². The van der Waals surface area contributed by atoms with Gasteiger partial charge >= 0.3 is 0 Å². The Kier molecular flexibility index (Phi) is 2.69. The Bertz CT molecular complexity index is 512. The van der Waals surface area contributed by atoms with Crippen molar-refractivity contribution in [3.05, 3.63) is 59.4 Å². The Morgan fingerprint density at radius 2 is 1.44 bits per heavy atom. The molecular formula is C13H9F3. The van der Waals surface area contributed by atoms with E-state index >= 15 is 0 Å². The monoisotopic (exact) mass is 222 g/mol. The van der Waals surface area contributed by atoms with Gasteiger partial charge < -0.3 is 0 Å². The number of aryl methyl sites for hydroxylation is 1. The van der Waals surface area contributed by atoms with Crippen molar-refractivity contribution in [1.29, 1.82) is 0 Å². The maximum Gasteiger partial charge on any atom is 0.166 e. The highest BCUT2D eigenvalue weighted by Crippen LogP contribution is 2.29. The van der Waals surface area contributed by atoms with Crippen LogP contribution in [0.15, 0.2) is 36.4 Å². The van der Waals surface area contributed by atoms with Crippen molar-refractivity contribution in [3.8, 4) is 11.1 Å². The zero-order valence-electron chi connectivity index (χ0n) is 8.60. The Labute approximate surface area is 91.4 Å². The summed E-state index contributed by atoms with van der Waals surface area (Å²) < 4.78 is 40.1. The lowest BCUT2D eigenvalue weighted by molar-refractivity contribution is 0.510. The summed E-state index contributed by atoms with van der Waals surface area (Å²) in [6.07, 6.45) is 0. The molecule has 0 aliphatic carbocycles. The molecule has 0 amide bonds. The molecule has 2 aromatic carbocycles. The minimum Gasteiger partial charge on any atom is -0.206 e. The molecule has 0 aromatic heterocycles. The minimum absolute atomic E-state index is 0.0457. The highest BCUT2D eigenvalue weighted by atomic mass is 19.2. The van der Waals surface area contributed by atoms with Gasteiger partial charge in [0.05, 0.1) is 0 Å². The van der Waals surface area contributed by atoms with Gasteiger partial charge in [-0.1, -0.05) is 24.3 Å². The summed E-state index contributed by atoms with van der Waals surface area (Å²) in [5, 5.41) is 0. The number of benzene rings is 2. The Hall–Kier alpha value is -1.77. The van der Waals surface area contributed by atoms with Crippen LogP contribution in [0.25, 0.3) is 11.1 Å². The SMILES string of the molecule is Cc1cccc(F)c1-c1cccc(F)c1F. The first kappa shape index (κ1) is 10.7. The number of rotatable bonds is 1. The molecule has 0 radical (unpaired) electrons. The molecule has 2 rings (SSSR count). The van der Waals surface area contributed by atoms with Crippen LogP contribution < -0.4 is 0 Å². The molecule has 0 bridgehead atoms. The van der Waals surface area contributed by atoms with Crippen LogP contribution in [-0.2, 0) is 0 Å². The molecule has 3 heteroatoms. The molecule has 0 nitrogen and oxygen atoms in total. The van der Waals surface area contributed by atoms with Crippen LogP contribution in [0.2, 0.25) is 0 Å². The number of halogens is 3. The maximum atomic E-state index is 13.6. The minimum atomic E-state index is -1.02. The highest BCUT2D eigenvalue weighted by molar-refractivity contribution is 5.68. The average molecular weight is 222 g/mol. The van der Waals surface area contributed by atoms with Gasteiger partial charge in [0, 0.05) is 11.1 Å². The third-order valence-electron chi connectivity index (χ3n) is 2.44. The van der Waals surface area contributed by atoms with Crippen LogP contribution in [0.5, 0.6) is 0 Å². The second-order valence-electron chi connectivity index (χ2n) is 3.53. The van der Waals surface area contributed by atoms with Crippen molar-refractivity contribution < 1.29 is 13.2 Å². The zero-order chi connectivity index (χ0) is 11.7. The quantitative estimate of drug-likeness (QED) is 0.682. The topological polar surface area (TPSA) is 0 Å². The van der Waals surface area contributed by atoms with E-state index < -0.39 is 17.5 Å². The Morgan fingerprint density at radius 3 is 2.12 bits per heavy atom. The second kappa shape index (κ2) is 4.00. The first-order valence-corrected chi connectivity index (χ1v) is 4.80. The molecule has 0 saturated heterocycles. The fourth-order valence-electron chi connectivity index (χ4n) is 1.67. The standard InChI is InChI=1S/C13H9F3/c1-8-4-2-6-10(14)12(8)9-5-3-7-11(15)13(9)16/h2-7H,1H3. The smallest absolute Gasteiger partial charge is 0.166 e. The molecule has 2 aromatic rings. The van der Waals surface area contributed by atoms with Gasteiger partial charge in [0.2, 0.25) is 0 Å². The average Bonchev–Trinajstić information content (AvgIpc) is 2.24. The summed E-state index contributed by atoms with van der Waals surface area (Å²) in [6, 6.07) is 8.15. The van der Waals surface area contributed by atoms with E-state index in [1.54, 1.807) is 13.0 Å². The molecular weight excluding hydrogens is 213 g/mol. The van der Waals surface area contributed by atoms with Crippen molar-refractivity contribution >= 4 is 0 Å². The van der Waals surface area contributed by atoms with Gasteiger partial charge in [-0.25, -0.2) is 13.2 Å². The van der Waals surface area contributed by atoms with Gasteiger partial charge in [-0.15, -0.1) is 0 Å². The lowest BCUT2D eigenvalue weighted by Crippen LogP contribution is -1.94. The van der Waals surface area contributed by atoms with Gasteiger partial charge in [-0.3, -0.25) is 0 Å². The summed E-state index contributed by atoms with van der Waals surface area (Å²) in [5.41, 5.74) is 0.639. The van der Waals surface area contributed by atoms with Gasteiger partial charge in [-0.2, -0.15) is 0 Å². The molecule has 0 fully saturated rings.